The predicted molar refractivity (Wildman–Crippen MR) is 96.0 cm³/mol. The summed E-state index contributed by atoms with van der Waals surface area (Å²) in [6.45, 7) is 5.84. The Kier molecular flexibility index (Phi) is 4.56. The molecule has 0 bridgehead atoms. The molecule has 1 aliphatic heterocycles. The van der Waals surface area contributed by atoms with Crippen LogP contribution >= 0.6 is 0 Å². The van der Waals surface area contributed by atoms with Crippen molar-refractivity contribution in [2.24, 2.45) is 0 Å². The van der Waals surface area contributed by atoms with Crippen LogP contribution in [0.15, 0.2) is 18.2 Å². The van der Waals surface area contributed by atoms with Gasteiger partial charge in [-0.2, -0.15) is 0 Å². The number of rotatable bonds is 2. The number of phenolic OH excluding ortho intramolecular Hbond substituents is 1. The van der Waals surface area contributed by atoms with Crippen LogP contribution in [-0.4, -0.2) is 46.3 Å². The molecule has 140 valence electrons. The molecule has 1 aliphatic rings. The van der Waals surface area contributed by atoms with Gasteiger partial charge < -0.3 is 19.6 Å². The van der Waals surface area contributed by atoms with Crippen LogP contribution in [0.2, 0.25) is 0 Å². The van der Waals surface area contributed by atoms with Gasteiger partial charge in [-0.15, -0.1) is 0 Å². The molecule has 0 saturated heterocycles. The summed E-state index contributed by atoms with van der Waals surface area (Å²) in [6.07, 6.45) is 0.176. The van der Waals surface area contributed by atoms with Crippen LogP contribution in [0.4, 0.5) is 4.79 Å². The first kappa shape index (κ1) is 18.1. The summed E-state index contributed by atoms with van der Waals surface area (Å²) in [5.41, 5.74) is 2.02. The third-order valence-corrected chi connectivity index (χ3v) is 4.45. The van der Waals surface area contributed by atoms with Gasteiger partial charge in [0.25, 0.3) is 0 Å². The minimum Gasteiger partial charge on any atom is -0.508 e. The Labute approximate surface area is 151 Å². The molecule has 0 spiro atoms. The van der Waals surface area contributed by atoms with Gasteiger partial charge in [0.15, 0.2) is 0 Å². The van der Waals surface area contributed by atoms with Crippen molar-refractivity contribution >= 4 is 23.0 Å². The van der Waals surface area contributed by atoms with Crippen LogP contribution in [0.25, 0.3) is 10.9 Å². The first-order chi connectivity index (χ1) is 12.2. The lowest BCUT2D eigenvalue weighted by Gasteiger charge is -2.36. The molecule has 0 aliphatic carbocycles. The summed E-state index contributed by atoms with van der Waals surface area (Å²) in [4.78, 5) is 29.5. The van der Waals surface area contributed by atoms with Gasteiger partial charge in [0.2, 0.25) is 0 Å². The summed E-state index contributed by atoms with van der Waals surface area (Å²) in [7, 11) is 1.33. The lowest BCUT2D eigenvalue weighted by molar-refractivity contribution is -0.142. The van der Waals surface area contributed by atoms with E-state index in [-0.39, 0.29) is 12.2 Å². The van der Waals surface area contributed by atoms with E-state index in [0.29, 0.717) is 13.0 Å². The topological polar surface area (TPSA) is 91.9 Å². The molecule has 7 nitrogen and oxygen atoms in total. The highest BCUT2D eigenvalue weighted by Crippen LogP contribution is 2.38. The summed E-state index contributed by atoms with van der Waals surface area (Å²) < 4.78 is 10.3. The molecule has 2 N–H and O–H groups in total. The van der Waals surface area contributed by atoms with Gasteiger partial charge in [-0.25, -0.2) is 4.79 Å². The minimum absolute atomic E-state index is 0.0293. The van der Waals surface area contributed by atoms with E-state index >= 15 is 0 Å². The Morgan fingerprint density at radius 1 is 1.35 bits per heavy atom. The Bertz CT molecular complexity index is 849. The molecule has 1 aromatic carbocycles. The number of hydrogen-bond acceptors (Lipinski definition) is 5. The van der Waals surface area contributed by atoms with Crippen LogP contribution in [0.1, 0.15) is 44.5 Å². The first-order valence-corrected chi connectivity index (χ1v) is 8.59. The Morgan fingerprint density at radius 2 is 2.08 bits per heavy atom. The van der Waals surface area contributed by atoms with Crippen molar-refractivity contribution in [3.8, 4) is 5.75 Å². The third-order valence-electron chi connectivity index (χ3n) is 4.45. The lowest BCUT2D eigenvalue weighted by Crippen LogP contribution is -2.43. The Balaban J connectivity index is 2.02. The molecule has 2 aromatic rings. The number of amides is 1. The molecule has 26 heavy (non-hydrogen) atoms. The zero-order chi connectivity index (χ0) is 19.1. The maximum Gasteiger partial charge on any atom is 0.410 e. The standard InChI is InChI=1S/C19H24N2O5/c1-19(2,3)26-18(24)21-8-7-12-13-9-11(22)5-6-14(13)20-17(12)15(21)10-16(23)25-4/h5-6,9,15,20,22H,7-8,10H2,1-4H3. The van der Waals surface area contributed by atoms with Crippen LogP contribution in [0.3, 0.4) is 0 Å². The van der Waals surface area contributed by atoms with Crippen molar-refractivity contribution in [2.75, 3.05) is 13.7 Å². The van der Waals surface area contributed by atoms with Gasteiger partial charge in [-0.1, -0.05) is 0 Å². The number of aromatic amines is 1. The van der Waals surface area contributed by atoms with Crippen molar-refractivity contribution in [3.05, 3.63) is 29.5 Å². The minimum atomic E-state index is -0.626. The number of hydrogen-bond donors (Lipinski definition) is 2. The van der Waals surface area contributed by atoms with E-state index in [2.05, 4.69) is 4.98 Å². The summed E-state index contributed by atoms with van der Waals surface area (Å²) in [6, 6.07) is 4.58. The quantitative estimate of drug-likeness (QED) is 0.802. The van der Waals surface area contributed by atoms with Crippen LogP contribution < -0.4 is 0 Å². The fourth-order valence-electron chi connectivity index (χ4n) is 3.35. The summed E-state index contributed by atoms with van der Waals surface area (Å²) >= 11 is 0. The van der Waals surface area contributed by atoms with Gasteiger partial charge in [0.05, 0.1) is 19.6 Å². The normalized spacial score (nSPS) is 17.1. The van der Waals surface area contributed by atoms with E-state index in [9.17, 15) is 14.7 Å². The van der Waals surface area contributed by atoms with Crippen molar-refractivity contribution in [1.29, 1.82) is 0 Å². The molecule has 1 atom stereocenters. The lowest BCUT2D eigenvalue weighted by atomic mass is 9.95. The second-order valence-corrected chi connectivity index (χ2v) is 7.47. The van der Waals surface area contributed by atoms with Crippen molar-refractivity contribution in [2.45, 2.75) is 45.3 Å². The second kappa shape index (κ2) is 6.55. The fourth-order valence-corrected chi connectivity index (χ4v) is 3.35. The number of nitrogens with zero attached hydrogens (tertiary/aromatic N) is 1. The molecule has 0 radical (unpaired) electrons. The predicted octanol–water partition coefficient (Wildman–Crippen LogP) is 3.27. The number of methoxy groups -OCH3 is 1. The van der Waals surface area contributed by atoms with Gasteiger partial charge in [-0.05, 0) is 51.0 Å². The molecule has 3 rings (SSSR count). The number of fused-ring (bicyclic) bond motifs is 3. The molecular weight excluding hydrogens is 336 g/mol. The number of ether oxygens (including phenoxy) is 2. The number of benzene rings is 1. The van der Waals surface area contributed by atoms with E-state index in [4.69, 9.17) is 9.47 Å². The monoisotopic (exact) mass is 360 g/mol. The molecule has 2 heterocycles. The highest BCUT2D eigenvalue weighted by molar-refractivity contribution is 5.87. The van der Waals surface area contributed by atoms with E-state index in [1.807, 2.05) is 0 Å². The Morgan fingerprint density at radius 3 is 2.73 bits per heavy atom. The van der Waals surface area contributed by atoms with Crippen LogP contribution in [0, 0.1) is 0 Å². The van der Waals surface area contributed by atoms with Crippen LogP contribution in [-0.2, 0) is 20.7 Å². The van der Waals surface area contributed by atoms with E-state index in [1.165, 1.54) is 7.11 Å². The number of phenols is 1. The second-order valence-electron chi connectivity index (χ2n) is 7.47. The largest absolute Gasteiger partial charge is 0.508 e. The molecule has 7 heteroatoms. The fraction of sp³-hybridized carbons (Fsp3) is 0.474. The molecular formula is C19H24N2O5. The first-order valence-electron chi connectivity index (χ1n) is 8.59. The van der Waals surface area contributed by atoms with Crippen molar-refractivity contribution in [1.82, 2.24) is 9.88 Å². The van der Waals surface area contributed by atoms with Gasteiger partial charge in [0, 0.05) is 23.1 Å². The van der Waals surface area contributed by atoms with E-state index in [1.54, 1.807) is 43.9 Å². The highest BCUT2D eigenvalue weighted by atomic mass is 16.6. The van der Waals surface area contributed by atoms with Crippen LogP contribution in [0.5, 0.6) is 5.75 Å². The number of carbonyl (C=O) groups is 2. The maximum absolute atomic E-state index is 12.7. The number of aromatic nitrogens is 1. The molecule has 1 aromatic heterocycles. The number of esters is 1. The highest BCUT2D eigenvalue weighted by Gasteiger charge is 2.37. The van der Waals surface area contributed by atoms with Gasteiger partial charge in [-0.3, -0.25) is 9.69 Å². The van der Waals surface area contributed by atoms with Crippen molar-refractivity contribution < 1.29 is 24.2 Å². The summed E-state index contributed by atoms with van der Waals surface area (Å²) in [5, 5.41) is 10.7. The third kappa shape index (κ3) is 3.47. The van der Waals surface area contributed by atoms with E-state index < -0.39 is 23.7 Å². The molecule has 0 fully saturated rings. The number of nitrogens with one attached hydrogen (secondary N) is 1. The average molecular weight is 360 g/mol. The zero-order valence-corrected chi connectivity index (χ0v) is 15.5. The zero-order valence-electron chi connectivity index (χ0n) is 15.5. The maximum atomic E-state index is 12.7. The Hall–Kier alpha value is -2.70. The molecule has 1 amide bonds. The average Bonchev–Trinajstić information content (AvgIpc) is 2.91. The van der Waals surface area contributed by atoms with Gasteiger partial charge >= 0.3 is 12.1 Å². The molecule has 0 saturated carbocycles. The van der Waals surface area contributed by atoms with Crippen molar-refractivity contribution in [3.63, 3.8) is 0 Å². The number of carbonyl (C=O) groups excluding carboxylic acids is 2. The summed E-state index contributed by atoms with van der Waals surface area (Å²) in [5.74, 6) is -0.226. The number of aromatic hydroxyl groups is 1. The smallest absolute Gasteiger partial charge is 0.410 e. The molecule has 1 unspecified atom stereocenters. The number of H-pyrrole nitrogens is 1. The SMILES string of the molecule is COC(=O)CC1c2[nH]c3ccc(O)cc3c2CCN1C(=O)OC(C)(C)C. The van der Waals surface area contributed by atoms with Gasteiger partial charge in [0.1, 0.15) is 11.4 Å². The van der Waals surface area contributed by atoms with E-state index in [0.717, 1.165) is 22.2 Å².